The minimum Gasteiger partial charge on any atom is -0.435 e. The maximum atomic E-state index is 13.5. The molecule has 6 nitrogen and oxygen atoms in total. The number of ether oxygens (including phenoxy) is 1. The van der Waals surface area contributed by atoms with E-state index in [1.807, 2.05) is 0 Å². The Hall–Kier alpha value is -3.08. The van der Waals surface area contributed by atoms with Crippen molar-refractivity contribution in [2.45, 2.75) is 19.5 Å². The molecule has 3 N–H and O–H groups in total. The molecular weight excluding hydrogens is 438 g/mol. The van der Waals surface area contributed by atoms with Gasteiger partial charge < -0.3 is 20.8 Å². The summed E-state index contributed by atoms with van der Waals surface area (Å²) in [4.78, 5) is 25.3. The van der Waals surface area contributed by atoms with Crippen LogP contribution in [0.3, 0.4) is 0 Å². The highest BCUT2D eigenvalue weighted by molar-refractivity contribution is 7.81. The zero-order valence-electron chi connectivity index (χ0n) is 16.2. The highest BCUT2D eigenvalue weighted by atomic mass is 32.1. The quantitative estimate of drug-likeness (QED) is 0.193. The fourth-order valence-corrected chi connectivity index (χ4v) is 2.73. The van der Waals surface area contributed by atoms with E-state index in [1.165, 1.54) is 42.5 Å². The molecule has 2 amide bonds. The zero-order valence-corrected chi connectivity index (χ0v) is 17.1. The third-order valence-corrected chi connectivity index (χ3v) is 4.37. The fourth-order valence-electron chi connectivity index (χ4n) is 2.55. The summed E-state index contributed by atoms with van der Waals surface area (Å²) in [5.74, 6) is -6.85. The van der Waals surface area contributed by atoms with Gasteiger partial charge >= 0.3 is 6.61 Å². The Balaban J connectivity index is 2.16. The van der Waals surface area contributed by atoms with Gasteiger partial charge in [0.1, 0.15) is 5.75 Å². The molecule has 0 saturated heterocycles. The molecule has 11 heteroatoms. The number of nitrogens with one attached hydrogen (secondary N) is 3. The summed E-state index contributed by atoms with van der Waals surface area (Å²) in [7, 11) is 0. The van der Waals surface area contributed by atoms with Gasteiger partial charge in [0.25, 0.3) is 5.92 Å². The van der Waals surface area contributed by atoms with Crippen LogP contribution in [0.2, 0.25) is 0 Å². The van der Waals surface area contributed by atoms with Crippen molar-refractivity contribution in [3.05, 3.63) is 54.1 Å². The molecule has 1 unspecified atom stereocenters. The summed E-state index contributed by atoms with van der Waals surface area (Å²) < 4.78 is 55.7. The highest BCUT2D eigenvalue weighted by Crippen LogP contribution is 2.28. The second-order valence-electron chi connectivity index (χ2n) is 6.47. The molecule has 0 aliphatic heterocycles. The van der Waals surface area contributed by atoms with E-state index in [2.05, 4.69) is 28.0 Å². The molecule has 166 valence electrons. The van der Waals surface area contributed by atoms with Gasteiger partial charge in [0, 0.05) is 35.3 Å². The van der Waals surface area contributed by atoms with Crippen molar-refractivity contribution < 1.29 is 31.9 Å². The highest BCUT2D eigenvalue weighted by Gasteiger charge is 2.31. The summed E-state index contributed by atoms with van der Waals surface area (Å²) in [6.07, 6.45) is 0. The second kappa shape index (κ2) is 10.3. The van der Waals surface area contributed by atoms with Crippen molar-refractivity contribution in [1.82, 2.24) is 0 Å². The number of hydrogen-bond acceptors (Lipinski definition) is 5. The van der Waals surface area contributed by atoms with Crippen LogP contribution in [0.25, 0.3) is 0 Å². The average molecular weight is 457 g/mol. The van der Waals surface area contributed by atoms with Crippen molar-refractivity contribution in [3.63, 3.8) is 0 Å². The van der Waals surface area contributed by atoms with Gasteiger partial charge in [-0.2, -0.15) is 21.4 Å². The Morgan fingerprint density at radius 1 is 1.06 bits per heavy atom. The van der Waals surface area contributed by atoms with Crippen LogP contribution in [-0.4, -0.2) is 29.9 Å². The molecule has 0 aliphatic carbocycles. The standard InChI is InChI=1S/C20H19F4N3O3S/c1-20(23,24)11-3-2-4-13(9-11)27-18(29)16(15(25)10-31)17(28)26-12-5-7-14(8-6-12)30-19(21)22/h2-9,16,19,25,31H,10H2,1H3,(H,26,28)(H,27,29). The largest absolute Gasteiger partial charge is 0.435 e. The monoisotopic (exact) mass is 457 g/mol. The minimum absolute atomic E-state index is 0.0299. The van der Waals surface area contributed by atoms with Gasteiger partial charge in [0.2, 0.25) is 11.8 Å². The Bertz CT molecular complexity index is 949. The maximum Gasteiger partial charge on any atom is 0.387 e. The van der Waals surface area contributed by atoms with Crippen LogP contribution in [0.15, 0.2) is 48.5 Å². The number of halogens is 4. The van der Waals surface area contributed by atoms with E-state index >= 15 is 0 Å². The van der Waals surface area contributed by atoms with Gasteiger partial charge in [-0.3, -0.25) is 9.59 Å². The smallest absolute Gasteiger partial charge is 0.387 e. The van der Waals surface area contributed by atoms with Gasteiger partial charge in [0.05, 0.1) is 0 Å². The first-order valence-corrected chi connectivity index (χ1v) is 9.47. The van der Waals surface area contributed by atoms with Crippen LogP contribution in [0.5, 0.6) is 5.75 Å². The van der Waals surface area contributed by atoms with Crippen molar-refractivity contribution >= 4 is 41.5 Å². The molecule has 0 aromatic heterocycles. The molecule has 2 aromatic carbocycles. The van der Waals surface area contributed by atoms with E-state index in [9.17, 15) is 27.2 Å². The van der Waals surface area contributed by atoms with Gasteiger partial charge in [-0.15, -0.1) is 0 Å². The second-order valence-corrected chi connectivity index (χ2v) is 6.78. The van der Waals surface area contributed by atoms with E-state index in [-0.39, 0.29) is 34.2 Å². The lowest BCUT2D eigenvalue weighted by molar-refractivity contribution is -0.126. The predicted molar refractivity (Wildman–Crippen MR) is 111 cm³/mol. The van der Waals surface area contributed by atoms with Gasteiger partial charge in [-0.25, -0.2) is 8.78 Å². The average Bonchev–Trinajstić information content (AvgIpc) is 2.68. The van der Waals surface area contributed by atoms with Crippen molar-refractivity contribution in [2.24, 2.45) is 5.92 Å². The van der Waals surface area contributed by atoms with Gasteiger partial charge in [-0.1, -0.05) is 12.1 Å². The third-order valence-electron chi connectivity index (χ3n) is 4.03. The lowest BCUT2D eigenvalue weighted by Crippen LogP contribution is -2.39. The molecule has 2 rings (SSSR count). The number of rotatable bonds is 9. The Morgan fingerprint density at radius 3 is 2.16 bits per heavy atom. The van der Waals surface area contributed by atoms with Crippen LogP contribution in [0, 0.1) is 11.3 Å². The van der Waals surface area contributed by atoms with Gasteiger partial charge in [-0.05, 0) is 36.4 Å². The molecule has 0 fully saturated rings. The van der Waals surface area contributed by atoms with Crippen LogP contribution >= 0.6 is 12.6 Å². The van der Waals surface area contributed by atoms with E-state index in [4.69, 9.17) is 5.41 Å². The fraction of sp³-hybridized carbons (Fsp3) is 0.250. The lowest BCUT2D eigenvalue weighted by Gasteiger charge is -2.18. The Kier molecular flexibility index (Phi) is 8.03. The number of benzene rings is 2. The van der Waals surface area contributed by atoms with E-state index in [0.29, 0.717) is 6.92 Å². The molecule has 0 bridgehead atoms. The molecule has 0 saturated carbocycles. The topological polar surface area (TPSA) is 91.3 Å². The number of hydrogen-bond donors (Lipinski definition) is 4. The van der Waals surface area contributed by atoms with Crippen LogP contribution in [-0.2, 0) is 15.5 Å². The summed E-state index contributed by atoms with van der Waals surface area (Å²) >= 11 is 3.92. The number of alkyl halides is 4. The van der Waals surface area contributed by atoms with Crippen molar-refractivity contribution in [1.29, 1.82) is 5.41 Å². The summed E-state index contributed by atoms with van der Waals surface area (Å²) in [6.45, 7) is -2.30. The lowest BCUT2D eigenvalue weighted by atomic mass is 10.0. The third kappa shape index (κ3) is 6.99. The number of amides is 2. The number of anilines is 2. The van der Waals surface area contributed by atoms with E-state index < -0.39 is 30.3 Å². The first kappa shape index (κ1) is 24.2. The molecule has 0 heterocycles. The van der Waals surface area contributed by atoms with Gasteiger partial charge in [0.15, 0.2) is 5.92 Å². The first-order chi connectivity index (χ1) is 14.5. The SMILES string of the molecule is CC(F)(F)c1cccc(NC(=O)C(C(=N)CS)C(=O)Nc2ccc(OC(F)F)cc2)c1. The summed E-state index contributed by atoms with van der Waals surface area (Å²) in [5, 5.41) is 12.7. The Morgan fingerprint density at radius 2 is 1.65 bits per heavy atom. The molecule has 0 radical (unpaired) electrons. The van der Waals surface area contributed by atoms with Crippen LogP contribution in [0.1, 0.15) is 12.5 Å². The first-order valence-electron chi connectivity index (χ1n) is 8.84. The van der Waals surface area contributed by atoms with Crippen molar-refractivity contribution in [2.75, 3.05) is 16.4 Å². The normalized spacial score (nSPS) is 12.2. The minimum atomic E-state index is -3.13. The zero-order chi connectivity index (χ0) is 23.2. The van der Waals surface area contributed by atoms with E-state index in [1.54, 1.807) is 0 Å². The maximum absolute atomic E-state index is 13.5. The Labute approximate surface area is 180 Å². The summed E-state index contributed by atoms with van der Waals surface area (Å²) in [6, 6.07) is 9.90. The molecule has 2 aromatic rings. The van der Waals surface area contributed by atoms with Crippen molar-refractivity contribution in [3.8, 4) is 5.75 Å². The molecule has 31 heavy (non-hydrogen) atoms. The van der Waals surface area contributed by atoms with E-state index in [0.717, 1.165) is 6.07 Å². The molecule has 0 spiro atoms. The summed E-state index contributed by atoms with van der Waals surface area (Å²) in [5.41, 5.74) is -0.457. The molecular formula is C20H19F4N3O3S. The number of carbonyl (C=O) groups is 2. The predicted octanol–water partition coefficient (Wildman–Crippen LogP) is 4.54. The number of carbonyl (C=O) groups excluding carboxylic acids is 2. The molecule has 0 aliphatic rings. The number of thiol groups is 1. The molecule has 1 atom stereocenters. The van der Waals surface area contributed by atoms with Crippen LogP contribution < -0.4 is 15.4 Å². The van der Waals surface area contributed by atoms with Crippen LogP contribution in [0.4, 0.5) is 28.9 Å².